The molecule has 1 aliphatic rings. The van der Waals surface area contributed by atoms with E-state index >= 15 is 0 Å². The van der Waals surface area contributed by atoms with Crippen LogP contribution >= 0.6 is 15.9 Å². The fourth-order valence-electron chi connectivity index (χ4n) is 3.11. The number of halogens is 4. The Bertz CT molecular complexity index is 760. The quantitative estimate of drug-likeness (QED) is 0.567. The van der Waals surface area contributed by atoms with E-state index in [9.17, 15) is 18.3 Å². The van der Waals surface area contributed by atoms with Crippen molar-refractivity contribution < 1.29 is 22.8 Å². The molecule has 0 saturated heterocycles. The highest BCUT2D eigenvalue weighted by Crippen LogP contribution is 2.52. The van der Waals surface area contributed by atoms with Crippen LogP contribution in [-0.2, 0) is 6.42 Å². The second-order valence-electron chi connectivity index (χ2n) is 6.93. The Hall–Kier alpha value is -1.61. The van der Waals surface area contributed by atoms with E-state index in [0.717, 1.165) is 36.0 Å². The van der Waals surface area contributed by atoms with Gasteiger partial charge >= 0.3 is 6.18 Å². The summed E-state index contributed by atoms with van der Waals surface area (Å²) in [6.45, 7) is 0.853. The molecule has 2 N–H and O–H groups in total. The minimum atomic E-state index is -4.61. The van der Waals surface area contributed by atoms with Crippen LogP contribution < -0.4 is 5.32 Å². The van der Waals surface area contributed by atoms with E-state index in [0.29, 0.717) is 12.2 Å². The normalized spacial score (nSPS) is 22.5. The molecule has 0 bridgehead atoms. The predicted molar refractivity (Wildman–Crippen MR) is 97.5 cm³/mol. The number of hydrogen-bond donors (Lipinski definition) is 2. The van der Waals surface area contributed by atoms with Crippen molar-refractivity contribution in [2.75, 3.05) is 11.9 Å². The highest BCUT2D eigenvalue weighted by molar-refractivity contribution is 9.10. The molecule has 1 fully saturated rings. The number of benzene rings is 1. The Morgan fingerprint density at radius 2 is 2.04 bits per heavy atom. The largest absolute Gasteiger partial charge is 0.417 e. The second-order valence-corrected chi connectivity index (χ2v) is 7.85. The van der Waals surface area contributed by atoms with Crippen LogP contribution in [0.3, 0.4) is 0 Å². The third kappa shape index (κ3) is 5.01. The lowest BCUT2D eigenvalue weighted by atomic mass is 9.70. The van der Waals surface area contributed by atoms with Gasteiger partial charge in [0.2, 0.25) is 5.89 Å². The minimum absolute atomic E-state index is 0.190. The third-order valence-corrected chi connectivity index (χ3v) is 5.25. The summed E-state index contributed by atoms with van der Waals surface area (Å²) in [6, 6.07) is 7.96. The Kier molecular flexibility index (Phi) is 6.10. The van der Waals surface area contributed by atoms with Gasteiger partial charge < -0.3 is 14.9 Å². The van der Waals surface area contributed by atoms with Crippen LogP contribution in [-0.4, -0.2) is 33.6 Å². The zero-order valence-corrected chi connectivity index (χ0v) is 16.2. The first-order chi connectivity index (χ1) is 12.8. The molecule has 0 spiro atoms. The molecular weight excluding hydrogens is 427 g/mol. The molecule has 2 aromatic rings. The summed E-state index contributed by atoms with van der Waals surface area (Å²) < 4.78 is 44.0. The number of anilines is 1. The molecule has 1 heterocycles. The van der Waals surface area contributed by atoms with Gasteiger partial charge in [-0.1, -0.05) is 33.6 Å². The van der Waals surface area contributed by atoms with Gasteiger partial charge in [0.1, 0.15) is 0 Å². The molecule has 1 aromatic carbocycles. The number of nitrogens with one attached hydrogen (secondary N) is 1. The molecule has 0 radical (unpaired) electrons. The second kappa shape index (κ2) is 8.18. The molecule has 5 nitrogen and oxygen atoms in total. The molecule has 1 aromatic heterocycles. The number of aromatic nitrogens is 2. The third-order valence-electron chi connectivity index (χ3n) is 4.76. The number of alkyl halides is 3. The first-order valence-electron chi connectivity index (χ1n) is 8.88. The van der Waals surface area contributed by atoms with E-state index in [1.54, 1.807) is 0 Å². The fourth-order valence-corrected chi connectivity index (χ4v) is 3.51. The molecule has 0 unspecified atom stereocenters. The van der Waals surface area contributed by atoms with Crippen molar-refractivity contribution in [3.05, 3.63) is 40.5 Å². The van der Waals surface area contributed by atoms with Crippen molar-refractivity contribution in [3.8, 4) is 0 Å². The van der Waals surface area contributed by atoms with Crippen LogP contribution in [0, 0.1) is 0 Å². The van der Waals surface area contributed by atoms with Gasteiger partial charge in [-0.3, -0.25) is 0 Å². The number of unbranched alkanes of at least 4 members (excludes halogenated alkanes) is 2. The molecule has 27 heavy (non-hydrogen) atoms. The Morgan fingerprint density at radius 1 is 1.26 bits per heavy atom. The van der Waals surface area contributed by atoms with Crippen LogP contribution in [0.2, 0.25) is 0 Å². The van der Waals surface area contributed by atoms with E-state index < -0.39 is 30.5 Å². The van der Waals surface area contributed by atoms with Crippen molar-refractivity contribution in [3.63, 3.8) is 0 Å². The fraction of sp³-hybridized carbons (Fsp3) is 0.556. The maximum absolute atomic E-state index is 12.7. The Morgan fingerprint density at radius 3 is 2.74 bits per heavy atom. The standard InChI is InChI=1S/C18H21BrF3N3O2/c19-13-5-4-6-14(9-13)23-8-3-1-2-7-15-24-16(27-25-15)12-10-17(26,11-12)18(20,21)22/h4-6,9,12,23,26H,1-3,7-8,10-11H2. The summed E-state index contributed by atoms with van der Waals surface area (Å²) in [5, 5.41) is 16.7. The number of aryl methyl sites for hydroxylation is 1. The van der Waals surface area contributed by atoms with Gasteiger partial charge in [-0.15, -0.1) is 0 Å². The van der Waals surface area contributed by atoms with Crippen LogP contribution in [0.5, 0.6) is 0 Å². The van der Waals surface area contributed by atoms with E-state index in [1.807, 2.05) is 24.3 Å². The summed E-state index contributed by atoms with van der Waals surface area (Å²) in [5.41, 5.74) is -1.56. The van der Waals surface area contributed by atoms with Crippen molar-refractivity contribution >= 4 is 21.6 Å². The molecule has 0 aliphatic heterocycles. The summed E-state index contributed by atoms with van der Waals surface area (Å²) in [7, 11) is 0. The number of rotatable bonds is 8. The monoisotopic (exact) mass is 447 g/mol. The summed E-state index contributed by atoms with van der Waals surface area (Å²) in [5.74, 6) is 0.176. The number of hydrogen-bond acceptors (Lipinski definition) is 5. The van der Waals surface area contributed by atoms with Crippen LogP contribution in [0.1, 0.15) is 49.7 Å². The number of nitrogens with zero attached hydrogens (tertiary/aromatic N) is 2. The van der Waals surface area contributed by atoms with Gasteiger partial charge in [0.15, 0.2) is 11.4 Å². The lowest BCUT2D eigenvalue weighted by Crippen LogP contribution is -2.54. The molecular formula is C18H21BrF3N3O2. The van der Waals surface area contributed by atoms with Crippen molar-refractivity contribution in [2.45, 2.75) is 56.2 Å². The van der Waals surface area contributed by atoms with Crippen molar-refractivity contribution in [1.82, 2.24) is 10.1 Å². The Labute approximate surface area is 163 Å². The molecule has 0 atom stereocenters. The van der Waals surface area contributed by atoms with Crippen LogP contribution in [0.25, 0.3) is 0 Å². The van der Waals surface area contributed by atoms with Gasteiger partial charge in [0, 0.05) is 29.0 Å². The predicted octanol–water partition coefficient (Wildman–Crippen LogP) is 4.83. The first-order valence-corrected chi connectivity index (χ1v) is 9.67. The van der Waals surface area contributed by atoms with Crippen LogP contribution in [0.4, 0.5) is 18.9 Å². The van der Waals surface area contributed by atoms with E-state index in [4.69, 9.17) is 4.52 Å². The van der Waals surface area contributed by atoms with E-state index in [-0.39, 0.29) is 5.89 Å². The highest BCUT2D eigenvalue weighted by Gasteiger charge is 2.62. The first kappa shape index (κ1) is 20.1. The average Bonchev–Trinajstić information content (AvgIpc) is 3.02. The van der Waals surface area contributed by atoms with Gasteiger partial charge in [0.05, 0.1) is 0 Å². The average molecular weight is 448 g/mol. The van der Waals surface area contributed by atoms with E-state index in [2.05, 4.69) is 31.4 Å². The molecule has 1 saturated carbocycles. The zero-order valence-electron chi connectivity index (χ0n) is 14.6. The van der Waals surface area contributed by atoms with Crippen molar-refractivity contribution in [2.24, 2.45) is 0 Å². The summed E-state index contributed by atoms with van der Waals surface area (Å²) in [4.78, 5) is 4.18. The lowest BCUT2D eigenvalue weighted by Gasteiger charge is -2.42. The van der Waals surface area contributed by atoms with Crippen molar-refractivity contribution in [1.29, 1.82) is 0 Å². The summed E-state index contributed by atoms with van der Waals surface area (Å²) in [6.07, 6.45) is -2.00. The lowest BCUT2D eigenvalue weighted by molar-refractivity contribution is -0.292. The molecule has 148 valence electrons. The highest BCUT2D eigenvalue weighted by atomic mass is 79.9. The smallest absolute Gasteiger partial charge is 0.385 e. The van der Waals surface area contributed by atoms with Gasteiger partial charge in [0.25, 0.3) is 0 Å². The van der Waals surface area contributed by atoms with Gasteiger partial charge in [-0.25, -0.2) is 0 Å². The van der Waals surface area contributed by atoms with E-state index in [1.165, 1.54) is 0 Å². The van der Waals surface area contributed by atoms with Gasteiger partial charge in [-0.05, 0) is 43.9 Å². The SMILES string of the molecule is OC1(C(F)(F)F)CC(c2nc(CCCCCNc3cccc(Br)c3)no2)C1. The maximum atomic E-state index is 12.7. The minimum Gasteiger partial charge on any atom is -0.385 e. The Balaban J connectivity index is 1.33. The van der Waals surface area contributed by atoms with Crippen LogP contribution in [0.15, 0.2) is 33.3 Å². The molecule has 3 rings (SSSR count). The molecule has 0 amide bonds. The molecule has 1 aliphatic carbocycles. The molecule has 9 heteroatoms. The maximum Gasteiger partial charge on any atom is 0.417 e. The topological polar surface area (TPSA) is 71.2 Å². The number of aliphatic hydroxyl groups is 1. The summed E-state index contributed by atoms with van der Waals surface area (Å²) >= 11 is 3.43. The van der Waals surface area contributed by atoms with Gasteiger partial charge in [-0.2, -0.15) is 18.2 Å². The zero-order chi connectivity index (χ0) is 19.5.